The molecule has 106 valence electrons. The Morgan fingerprint density at radius 1 is 1.00 bits per heavy atom. The van der Waals surface area contributed by atoms with Crippen molar-refractivity contribution in [2.75, 3.05) is 0 Å². The first-order valence-corrected chi connectivity index (χ1v) is 6.23. The van der Waals surface area contributed by atoms with Crippen molar-refractivity contribution >= 4 is 17.2 Å². The lowest BCUT2D eigenvalue weighted by Gasteiger charge is -2.01. The largest absolute Gasteiger partial charge is 0.352 e. The zero-order chi connectivity index (χ0) is 15.1. The van der Waals surface area contributed by atoms with Gasteiger partial charge < -0.3 is 4.98 Å². The first-order valence-electron chi connectivity index (χ1n) is 6.23. The summed E-state index contributed by atoms with van der Waals surface area (Å²) in [4.78, 5) is 14.1. The lowest BCUT2D eigenvalue weighted by Crippen LogP contribution is -1.88. The van der Waals surface area contributed by atoms with Crippen LogP contribution in [0.15, 0.2) is 30.3 Å². The minimum Gasteiger partial charge on any atom is -0.352 e. The van der Waals surface area contributed by atoms with Gasteiger partial charge in [0, 0.05) is 22.6 Å². The molecular formula is C16H10F3NO. The molecule has 0 bridgehead atoms. The van der Waals surface area contributed by atoms with Gasteiger partial charge in [-0.15, -0.1) is 0 Å². The lowest BCUT2D eigenvalue weighted by molar-refractivity contribution is 0.112. The van der Waals surface area contributed by atoms with Crippen molar-refractivity contribution in [2.24, 2.45) is 0 Å². The topological polar surface area (TPSA) is 32.9 Å². The van der Waals surface area contributed by atoms with Crippen LogP contribution in [0.25, 0.3) is 22.2 Å². The van der Waals surface area contributed by atoms with Gasteiger partial charge in [0.05, 0.1) is 11.2 Å². The predicted molar refractivity (Wildman–Crippen MR) is 73.7 cm³/mol. The van der Waals surface area contributed by atoms with Crippen molar-refractivity contribution in [1.29, 1.82) is 0 Å². The monoisotopic (exact) mass is 289 g/mol. The third kappa shape index (κ3) is 2.20. The number of rotatable bonds is 2. The molecule has 0 aliphatic rings. The van der Waals surface area contributed by atoms with Crippen molar-refractivity contribution < 1.29 is 18.0 Å². The molecule has 0 aliphatic heterocycles. The van der Waals surface area contributed by atoms with Crippen LogP contribution in [0.4, 0.5) is 13.2 Å². The molecule has 2 aromatic carbocycles. The summed E-state index contributed by atoms with van der Waals surface area (Å²) < 4.78 is 40.6. The van der Waals surface area contributed by atoms with E-state index in [0.29, 0.717) is 17.2 Å². The summed E-state index contributed by atoms with van der Waals surface area (Å²) in [6, 6.07) is 5.88. The highest BCUT2D eigenvalue weighted by Gasteiger charge is 2.16. The second-order valence-corrected chi connectivity index (χ2v) is 4.86. The summed E-state index contributed by atoms with van der Waals surface area (Å²) in [5.74, 6) is -2.05. The van der Waals surface area contributed by atoms with E-state index in [0.717, 1.165) is 18.2 Å². The van der Waals surface area contributed by atoms with Crippen LogP contribution in [0, 0.1) is 24.4 Å². The van der Waals surface area contributed by atoms with Crippen LogP contribution < -0.4 is 0 Å². The van der Waals surface area contributed by atoms with E-state index < -0.39 is 17.5 Å². The van der Waals surface area contributed by atoms with Crippen LogP contribution >= 0.6 is 0 Å². The molecule has 0 saturated heterocycles. The molecule has 0 amide bonds. The molecule has 1 aromatic heterocycles. The van der Waals surface area contributed by atoms with E-state index in [2.05, 4.69) is 4.98 Å². The van der Waals surface area contributed by atoms with Gasteiger partial charge in [-0.25, -0.2) is 13.2 Å². The second-order valence-electron chi connectivity index (χ2n) is 4.86. The molecule has 3 aromatic rings. The first-order chi connectivity index (χ1) is 9.99. The fourth-order valence-corrected chi connectivity index (χ4v) is 2.46. The maximum absolute atomic E-state index is 14.0. The maximum Gasteiger partial charge on any atom is 0.152 e. The van der Waals surface area contributed by atoms with Crippen molar-refractivity contribution in [1.82, 2.24) is 4.98 Å². The number of carbonyl (C=O) groups excluding carboxylic acids is 1. The van der Waals surface area contributed by atoms with Crippen molar-refractivity contribution in [2.45, 2.75) is 6.92 Å². The number of halogens is 3. The molecule has 0 spiro atoms. The van der Waals surface area contributed by atoms with Crippen LogP contribution in [0.5, 0.6) is 0 Å². The highest BCUT2D eigenvalue weighted by Crippen LogP contribution is 2.32. The van der Waals surface area contributed by atoms with Gasteiger partial charge in [0.25, 0.3) is 0 Å². The van der Waals surface area contributed by atoms with Gasteiger partial charge in [-0.05, 0) is 36.8 Å². The Morgan fingerprint density at radius 3 is 2.29 bits per heavy atom. The zero-order valence-electron chi connectivity index (χ0n) is 11.0. The highest BCUT2D eigenvalue weighted by atomic mass is 19.1. The number of aromatic amines is 1. The van der Waals surface area contributed by atoms with Gasteiger partial charge in [0.1, 0.15) is 17.5 Å². The van der Waals surface area contributed by atoms with Crippen LogP contribution in [0.2, 0.25) is 0 Å². The number of hydrogen-bond acceptors (Lipinski definition) is 1. The van der Waals surface area contributed by atoms with Gasteiger partial charge in [0.15, 0.2) is 6.29 Å². The average molecular weight is 289 g/mol. The van der Waals surface area contributed by atoms with Crippen LogP contribution in [-0.4, -0.2) is 11.3 Å². The third-order valence-corrected chi connectivity index (χ3v) is 3.31. The smallest absolute Gasteiger partial charge is 0.152 e. The molecule has 0 unspecified atom stereocenters. The molecular weight excluding hydrogens is 279 g/mol. The van der Waals surface area contributed by atoms with Crippen molar-refractivity contribution in [3.63, 3.8) is 0 Å². The molecule has 0 fully saturated rings. The number of carbonyl (C=O) groups is 1. The third-order valence-electron chi connectivity index (χ3n) is 3.31. The van der Waals surface area contributed by atoms with E-state index in [1.54, 1.807) is 13.0 Å². The molecule has 0 aliphatic carbocycles. The Morgan fingerprint density at radius 2 is 1.67 bits per heavy atom. The number of aryl methyl sites for hydroxylation is 1. The zero-order valence-corrected chi connectivity index (χ0v) is 11.0. The Labute approximate surface area is 118 Å². The first kappa shape index (κ1) is 13.4. The van der Waals surface area contributed by atoms with Gasteiger partial charge >= 0.3 is 0 Å². The molecule has 0 atom stereocenters. The van der Waals surface area contributed by atoms with E-state index in [1.165, 1.54) is 6.07 Å². The quantitative estimate of drug-likeness (QED) is 0.698. The number of nitrogens with one attached hydrogen (secondary N) is 1. The minimum atomic E-state index is -0.767. The molecule has 0 saturated carbocycles. The summed E-state index contributed by atoms with van der Waals surface area (Å²) in [6.45, 7) is 1.70. The molecule has 1 N–H and O–H groups in total. The fraction of sp³-hybridized carbons (Fsp3) is 0.0625. The molecule has 5 heteroatoms. The molecule has 3 rings (SSSR count). The van der Waals surface area contributed by atoms with E-state index in [4.69, 9.17) is 0 Å². The summed E-state index contributed by atoms with van der Waals surface area (Å²) in [5, 5.41) is 0.391. The molecule has 0 radical (unpaired) electrons. The number of aromatic nitrogens is 1. The van der Waals surface area contributed by atoms with E-state index >= 15 is 0 Å². The number of benzene rings is 2. The van der Waals surface area contributed by atoms with Crippen molar-refractivity contribution in [3.05, 3.63) is 58.9 Å². The minimum absolute atomic E-state index is 0.141. The normalized spacial score (nSPS) is 11.0. The van der Waals surface area contributed by atoms with Crippen LogP contribution in [-0.2, 0) is 0 Å². The number of aldehydes is 1. The summed E-state index contributed by atoms with van der Waals surface area (Å²) in [5.41, 5.74) is 1.32. The van der Waals surface area contributed by atoms with E-state index in [-0.39, 0.29) is 22.3 Å². The summed E-state index contributed by atoms with van der Waals surface area (Å²) in [6.07, 6.45) is 0.551. The molecule has 21 heavy (non-hydrogen) atoms. The Kier molecular flexibility index (Phi) is 3.05. The summed E-state index contributed by atoms with van der Waals surface area (Å²) >= 11 is 0. The van der Waals surface area contributed by atoms with Crippen LogP contribution in [0.3, 0.4) is 0 Å². The SMILES string of the molecule is Cc1cc(F)c2[nH]c(-c3cc(F)cc(F)c3)c(C=O)c2c1. The van der Waals surface area contributed by atoms with E-state index in [9.17, 15) is 18.0 Å². The van der Waals surface area contributed by atoms with Crippen LogP contribution in [0.1, 0.15) is 15.9 Å². The predicted octanol–water partition coefficient (Wildman–Crippen LogP) is 4.37. The van der Waals surface area contributed by atoms with Gasteiger partial charge in [-0.2, -0.15) is 0 Å². The standard InChI is InChI=1S/C16H10F3NO/c1-8-2-12-13(7-21)15(20-16(12)14(19)3-8)9-4-10(17)6-11(18)5-9/h2-7,20H,1H3. The highest BCUT2D eigenvalue weighted by molar-refractivity contribution is 6.04. The fourth-order valence-electron chi connectivity index (χ4n) is 2.46. The number of fused-ring (bicyclic) bond motifs is 1. The Bertz CT molecular complexity index is 847. The Hall–Kier alpha value is -2.56. The second kappa shape index (κ2) is 4.77. The number of hydrogen-bond donors (Lipinski definition) is 1. The van der Waals surface area contributed by atoms with Gasteiger partial charge in [-0.3, -0.25) is 4.79 Å². The van der Waals surface area contributed by atoms with E-state index in [1.807, 2.05) is 0 Å². The summed E-state index contributed by atoms with van der Waals surface area (Å²) in [7, 11) is 0. The van der Waals surface area contributed by atoms with Crippen molar-refractivity contribution in [3.8, 4) is 11.3 Å². The average Bonchev–Trinajstić information content (AvgIpc) is 2.76. The number of H-pyrrole nitrogens is 1. The molecule has 1 heterocycles. The molecule has 2 nitrogen and oxygen atoms in total. The lowest BCUT2D eigenvalue weighted by atomic mass is 10.0. The maximum atomic E-state index is 14.0. The van der Waals surface area contributed by atoms with Gasteiger partial charge in [0.2, 0.25) is 0 Å². The Balaban J connectivity index is 2.37. The van der Waals surface area contributed by atoms with Gasteiger partial charge in [-0.1, -0.05) is 0 Å².